The molecule has 0 atom stereocenters. The molecule has 0 saturated heterocycles. The van der Waals surface area contributed by atoms with Crippen LogP contribution in [0, 0.1) is 6.92 Å². The lowest BCUT2D eigenvalue weighted by Gasteiger charge is -2.01. The predicted octanol–water partition coefficient (Wildman–Crippen LogP) is 3.94. The van der Waals surface area contributed by atoms with Gasteiger partial charge in [-0.15, -0.1) is 0 Å². The Morgan fingerprint density at radius 3 is 3.00 bits per heavy atom. The summed E-state index contributed by atoms with van der Waals surface area (Å²) in [4.78, 5) is 5.52. The molecule has 0 fully saturated rings. The second-order valence-electron chi connectivity index (χ2n) is 3.91. The molecule has 1 aromatic heterocycles. The first-order valence-electron chi connectivity index (χ1n) is 5.66. The molecule has 0 unspecified atom stereocenters. The van der Waals surface area contributed by atoms with Crippen molar-refractivity contribution in [2.75, 3.05) is 25.6 Å². The van der Waals surface area contributed by atoms with Crippen molar-refractivity contribution in [2.45, 2.75) is 6.92 Å². The van der Waals surface area contributed by atoms with Gasteiger partial charge in [0.1, 0.15) is 0 Å². The Labute approximate surface area is 119 Å². The van der Waals surface area contributed by atoms with Gasteiger partial charge in [-0.05, 0) is 24.1 Å². The van der Waals surface area contributed by atoms with Crippen molar-refractivity contribution in [3.8, 4) is 10.4 Å². The Balaban J connectivity index is 2.11. The van der Waals surface area contributed by atoms with Crippen LogP contribution in [-0.2, 0) is 4.74 Å². The number of hydrogen-bond acceptors (Lipinski definition) is 4. The van der Waals surface area contributed by atoms with Crippen LogP contribution in [0.4, 0.5) is 5.13 Å². The second kappa shape index (κ2) is 6.31. The largest absolute Gasteiger partial charge is 0.383 e. The first-order valence-corrected chi connectivity index (χ1v) is 7.27. The maximum atomic E-state index is 4.99. The topological polar surface area (TPSA) is 34.1 Å². The first kappa shape index (κ1) is 13.5. The Morgan fingerprint density at radius 1 is 1.44 bits per heavy atom. The van der Waals surface area contributed by atoms with Crippen molar-refractivity contribution < 1.29 is 4.74 Å². The fourth-order valence-electron chi connectivity index (χ4n) is 1.50. The van der Waals surface area contributed by atoms with Crippen molar-refractivity contribution in [3.63, 3.8) is 0 Å². The normalized spacial score (nSPS) is 10.6. The molecule has 0 bridgehead atoms. The number of halogens is 1. The zero-order chi connectivity index (χ0) is 13.0. The first-order chi connectivity index (χ1) is 8.70. The van der Waals surface area contributed by atoms with Crippen molar-refractivity contribution in [3.05, 3.63) is 34.4 Å². The van der Waals surface area contributed by atoms with E-state index in [9.17, 15) is 0 Å². The van der Waals surface area contributed by atoms with Crippen molar-refractivity contribution in [1.82, 2.24) is 4.98 Å². The molecule has 1 heterocycles. The smallest absolute Gasteiger partial charge is 0.183 e. The van der Waals surface area contributed by atoms with Crippen LogP contribution >= 0.6 is 27.3 Å². The monoisotopic (exact) mass is 326 g/mol. The fraction of sp³-hybridized carbons (Fsp3) is 0.308. The lowest BCUT2D eigenvalue weighted by atomic mass is 10.1. The van der Waals surface area contributed by atoms with Gasteiger partial charge in [0.25, 0.3) is 0 Å². The molecule has 96 valence electrons. The zero-order valence-corrected chi connectivity index (χ0v) is 12.8. The molecular weight excluding hydrogens is 312 g/mol. The number of aryl methyl sites for hydroxylation is 1. The number of anilines is 1. The highest BCUT2D eigenvalue weighted by atomic mass is 79.9. The number of nitrogens with zero attached hydrogens (tertiary/aromatic N) is 1. The summed E-state index contributed by atoms with van der Waals surface area (Å²) < 4.78 is 6.12. The van der Waals surface area contributed by atoms with E-state index in [0.29, 0.717) is 6.61 Å². The molecule has 0 spiro atoms. The third kappa shape index (κ3) is 3.31. The molecule has 1 aromatic carbocycles. The number of benzene rings is 1. The van der Waals surface area contributed by atoms with E-state index in [1.54, 1.807) is 18.4 Å². The maximum absolute atomic E-state index is 4.99. The average molecular weight is 327 g/mol. The van der Waals surface area contributed by atoms with Crippen LogP contribution < -0.4 is 5.32 Å². The molecule has 5 heteroatoms. The second-order valence-corrected chi connectivity index (χ2v) is 5.80. The zero-order valence-electron chi connectivity index (χ0n) is 10.4. The summed E-state index contributed by atoms with van der Waals surface area (Å²) in [7, 11) is 1.69. The third-order valence-corrected chi connectivity index (χ3v) is 4.40. The summed E-state index contributed by atoms with van der Waals surface area (Å²) in [5, 5.41) is 4.16. The van der Waals surface area contributed by atoms with Crippen molar-refractivity contribution >= 4 is 32.4 Å². The van der Waals surface area contributed by atoms with E-state index in [1.165, 1.54) is 11.1 Å². The molecule has 0 radical (unpaired) electrons. The number of ether oxygens (including phenoxy) is 1. The summed E-state index contributed by atoms with van der Waals surface area (Å²) in [6.07, 6.45) is 1.90. The quantitative estimate of drug-likeness (QED) is 0.845. The Morgan fingerprint density at radius 2 is 2.28 bits per heavy atom. The van der Waals surface area contributed by atoms with Crippen molar-refractivity contribution in [2.24, 2.45) is 0 Å². The van der Waals surface area contributed by atoms with Gasteiger partial charge in [-0.1, -0.05) is 39.4 Å². The van der Waals surface area contributed by atoms with Crippen LogP contribution in [0.15, 0.2) is 28.9 Å². The molecule has 2 rings (SSSR count). The number of hydrogen-bond donors (Lipinski definition) is 1. The SMILES string of the molecule is COCCNc1ncc(-c2ccc(C)c(Br)c2)s1. The molecular formula is C13H15BrN2OS. The van der Waals surface area contributed by atoms with Crippen molar-refractivity contribution in [1.29, 1.82) is 0 Å². The number of methoxy groups -OCH3 is 1. The van der Waals surface area contributed by atoms with Gasteiger partial charge in [0.05, 0.1) is 11.5 Å². The molecule has 0 saturated carbocycles. The molecule has 3 nitrogen and oxygen atoms in total. The van der Waals surface area contributed by atoms with Gasteiger partial charge in [0.2, 0.25) is 0 Å². The number of aromatic nitrogens is 1. The highest BCUT2D eigenvalue weighted by Crippen LogP contribution is 2.31. The standard InChI is InChI=1S/C13H15BrN2OS/c1-9-3-4-10(7-11(9)14)12-8-16-13(18-12)15-5-6-17-2/h3-4,7-8H,5-6H2,1-2H3,(H,15,16). The number of thiazole rings is 1. The molecule has 18 heavy (non-hydrogen) atoms. The summed E-state index contributed by atoms with van der Waals surface area (Å²) in [5.41, 5.74) is 2.42. The van der Waals surface area contributed by atoms with Gasteiger partial charge in [-0.2, -0.15) is 0 Å². The van der Waals surface area contributed by atoms with Crippen LogP contribution in [0.5, 0.6) is 0 Å². The summed E-state index contributed by atoms with van der Waals surface area (Å²) in [5.74, 6) is 0. The lowest BCUT2D eigenvalue weighted by molar-refractivity contribution is 0.211. The molecule has 1 N–H and O–H groups in total. The molecule has 2 aromatic rings. The van der Waals surface area contributed by atoms with Gasteiger partial charge >= 0.3 is 0 Å². The van der Waals surface area contributed by atoms with Crippen LogP contribution in [-0.4, -0.2) is 25.2 Å². The summed E-state index contributed by atoms with van der Waals surface area (Å²) in [6.45, 7) is 3.55. The minimum atomic E-state index is 0.686. The molecule has 0 aliphatic rings. The molecule has 0 amide bonds. The van der Waals surface area contributed by atoms with Crippen LogP contribution in [0.25, 0.3) is 10.4 Å². The lowest BCUT2D eigenvalue weighted by Crippen LogP contribution is -2.06. The van der Waals surface area contributed by atoms with E-state index in [0.717, 1.165) is 21.0 Å². The Bertz CT molecular complexity index is 527. The van der Waals surface area contributed by atoms with Gasteiger partial charge < -0.3 is 10.1 Å². The third-order valence-electron chi connectivity index (χ3n) is 2.54. The fourth-order valence-corrected chi connectivity index (χ4v) is 2.71. The Hall–Kier alpha value is -0.910. The van der Waals surface area contributed by atoms with E-state index in [2.05, 4.69) is 51.4 Å². The van der Waals surface area contributed by atoms with Gasteiger partial charge in [0, 0.05) is 24.3 Å². The minimum Gasteiger partial charge on any atom is -0.383 e. The minimum absolute atomic E-state index is 0.686. The highest BCUT2D eigenvalue weighted by molar-refractivity contribution is 9.10. The molecule has 0 aliphatic heterocycles. The number of nitrogens with one attached hydrogen (secondary N) is 1. The van der Waals surface area contributed by atoms with Gasteiger partial charge in [0.15, 0.2) is 5.13 Å². The van der Waals surface area contributed by atoms with E-state index >= 15 is 0 Å². The predicted molar refractivity (Wildman–Crippen MR) is 80.4 cm³/mol. The Kier molecular flexibility index (Phi) is 4.74. The van der Waals surface area contributed by atoms with Gasteiger partial charge in [-0.3, -0.25) is 0 Å². The van der Waals surface area contributed by atoms with Crippen LogP contribution in [0.1, 0.15) is 5.56 Å². The highest BCUT2D eigenvalue weighted by Gasteiger charge is 2.05. The van der Waals surface area contributed by atoms with Crippen LogP contribution in [0.3, 0.4) is 0 Å². The number of rotatable bonds is 5. The maximum Gasteiger partial charge on any atom is 0.183 e. The summed E-state index contributed by atoms with van der Waals surface area (Å²) >= 11 is 5.21. The summed E-state index contributed by atoms with van der Waals surface area (Å²) in [6, 6.07) is 6.35. The molecule has 0 aliphatic carbocycles. The average Bonchev–Trinajstić information content (AvgIpc) is 2.82. The van der Waals surface area contributed by atoms with Crippen LogP contribution in [0.2, 0.25) is 0 Å². The van der Waals surface area contributed by atoms with Gasteiger partial charge in [-0.25, -0.2) is 4.98 Å². The van der Waals surface area contributed by atoms with E-state index in [4.69, 9.17) is 4.74 Å². The van der Waals surface area contributed by atoms with E-state index < -0.39 is 0 Å². The van der Waals surface area contributed by atoms with E-state index in [1.807, 2.05) is 6.20 Å². The van der Waals surface area contributed by atoms with E-state index in [-0.39, 0.29) is 0 Å².